The predicted molar refractivity (Wildman–Crippen MR) is 92.8 cm³/mol. The van der Waals surface area contributed by atoms with Gasteiger partial charge in [-0.15, -0.1) is 0 Å². The van der Waals surface area contributed by atoms with Gasteiger partial charge in [0.1, 0.15) is 11.5 Å². The molecule has 0 aliphatic heterocycles. The monoisotopic (exact) mass is 327 g/mol. The summed E-state index contributed by atoms with van der Waals surface area (Å²) in [6.07, 6.45) is 0.242. The third-order valence-corrected chi connectivity index (χ3v) is 3.43. The number of para-hydroxylation sites is 2. The molecule has 0 saturated carbocycles. The summed E-state index contributed by atoms with van der Waals surface area (Å²) in [5.41, 5.74) is 1.15. The Hall–Kier alpha value is -2.82. The first-order valence-corrected chi connectivity index (χ1v) is 7.83. The van der Waals surface area contributed by atoms with Crippen LogP contribution in [0, 0.1) is 0 Å². The van der Waals surface area contributed by atoms with Crippen LogP contribution in [0.3, 0.4) is 0 Å². The summed E-state index contributed by atoms with van der Waals surface area (Å²) in [6, 6.07) is 14.1. The van der Waals surface area contributed by atoms with Crippen LogP contribution in [0.2, 0.25) is 0 Å². The van der Waals surface area contributed by atoms with Crippen LogP contribution in [0.4, 0.5) is 5.69 Å². The minimum Gasteiger partial charge on any atom is -0.497 e. The minimum atomic E-state index is -0.224. The van der Waals surface area contributed by atoms with Crippen molar-refractivity contribution < 1.29 is 19.1 Å². The van der Waals surface area contributed by atoms with Gasteiger partial charge in [-0.25, -0.2) is 0 Å². The topological polar surface area (TPSA) is 64.6 Å². The summed E-state index contributed by atoms with van der Waals surface area (Å²) >= 11 is 0. The summed E-state index contributed by atoms with van der Waals surface area (Å²) in [5.74, 6) is 0.920. The Morgan fingerprint density at radius 3 is 2.58 bits per heavy atom. The minimum absolute atomic E-state index is 0.0952. The van der Waals surface area contributed by atoms with Crippen molar-refractivity contribution in [2.45, 2.75) is 19.8 Å². The summed E-state index contributed by atoms with van der Waals surface area (Å²) in [7, 11) is 1.55. The molecule has 5 nitrogen and oxygen atoms in total. The van der Waals surface area contributed by atoms with Crippen molar-refractivity contribution >= 4 is 17.4 Å². The van der Waals surface area contributed by atoms with E-state index in [0.717, 1.165) is 0 Å². The van der Waals surface area contributed by atoms with Crippen molar-refractivity contribution in [2.24, 2.45) is 0 Å². The maximum Gasteiger partial charge on any atom is 0.224 e. The highest BCUT2D eigenvalue weighted by Crippen LogP contribution is 2.24. The number of Topliss-reactive ketones (excluding diaryl/α,β-unsaturated/α-hetero) is 1. The lowest BCUT2D eigenvalue weighted by Gasteiger charge is -2.11. The van der Waals surface area contributed by atoms with Crippen molar-refractivity contribution in [1.82, 2.24) is 0 Å². The van der Waals surface area contributed by atoms with Crippen molar-refractivity contribution in [3.05, 3.63) is 54.1 Å². The molecule has 126 valence electrons. The molecule has 0 atom stereocenters. The molecule has 0 fully saturated rings. The molecule has 0 aromatic heterocycles. The average Bonchev–Trinajstić information content (AvgIpc) is 2.61. The second-order valence-corrected chi connectivity index (χ2v) is 5.13. The number of benzene rings is 2. The van der Waals surface area contributed by atoms with E-state index in [2.05, 4.69) is 5.32 Å². The first kappa shape index (κ1) is 17.5. The van der Waals surface area contributed by atoms with E-state index in [-0.39, 0.29) is 24.5 Å². The van der Waals surface area contributed by atoms with Crippen LogP contribution in [0.25, 0.3) is 0 Å². The maximum atomic E-state index is 12.2. The van der Waals surface area contributed by atoms with Gasteiger partial charge in [0, 0.05) is 18.4 Å². The Bertz CT molecular complexity index is 712. The van der Waals surface area contributed by atoms with Gasteiger partial charge in [0.05, 0.1) is 19.4 Å². The number of amides is 1. The second kappa shape index (κ2) is 8.72. The average molecular weight is 327 g/mol. The summed E-state index contributed by atoms with van der Waals surface area (Å²) < 4.78 is 10.6. The van der Waals surface area contributed by atoms with Gasteiger partial charge in [-0.3, -0.25) is 9.59 Å². The zero-order valence-electron chi connectivity index (χ0n) is 13.9. The molecule has 0 spiro atoms. The molecule has 0 heterocycles. The number of ether oxygens (including phenoxy) is 2. The van der Waals surface area contributed by atoms with E-state index in [0.29, 0.717) is 29.4 Å². The Kier molecular flexibility index (Phi) is 6.37. The van der Waals surface area contributed by atoms with Gasteiger partial charge in [-0.05, 0) is 31.2 Å². The van der Waals surface area contributed by atoms with Gasteiger partial charge in [0.15, 0.2) is 5.78 Å². The Morgan fingerprint density at radius 1 is 1.04 bits per heavy atom. The molecule has 1 N–H and O–H groups in total. The number of rotatable bonds is 8. The van der Waals surface area contributed by atoms with Crippen LogP contribution < -0.4 is 14.8 Å². The van der Waals surface area contributed by atoms with Crippen LogP contribution >= 0.6 is 0 Å². The normalized spacial score (nSPS) is 10.1. The summed E-state index contributed by atoms with van der Waals surface area (Å²) in [4.78, 5) is 24.3. The third-order valence-electron chi connectivity index (χ3n) is 3.43. The second-order valence-electron chi connectivity index (χ2n) is 5.13. The lowest BCUT2D eigenvalue weighted by Crippen LogP contribution is -2.14. The highest BCUT2D eigenvalue weighted by atomic mass is 16.5. The maximum absolute atomic E-state index is 12.2. The van der Waals surface area contributed by atoms with Gasteiger partial charge < -0.3 is 14.8 Å². The smallest absolute Gasteiger partial charge is 0.224 e. The highest BCUT2D eigenvalue weighted by molar-refractivity contribution is 6.00. The number of anilines is 1. The summed E-state index contributed by atoms with van der Waals surface area (Å²) in [6.45, 7) is 2.40. The fraction of sp³-hybridized carbons (Fsp3) is 0.263. The predicted octanol–water partition coefficient (Wildman–Crippen LogP) is 3.70. The van der Waals surface area contributed by atoms with Gasteiger partial charge in [-0.1, -0.05) is 24.3 Å². The molecule has 2 aromatic rings. The first-order valence-electron chi connectivity index (χ1n) is 7.83. The van der Waals surface area contributed by atoms with Gasteiger partial charge in [0.2, 0.25) is 5.91 Å². The molecular weight excluding hydrogens is 306 g/mol. The van der Waals surface area contributed by atoms with Gasteiger partial charge in [0.25, 0.3) is 0 Å². The van der Waals surface area contributed by atoms with Crippen LogP contribution in [0.1, 0.15) is 30.1 Å². The number of carbonyl (C=O) groups is 2. The van der Waals surface area contributed by atoms with Gasteiger partial charge >= 0.3 is 0 Å². The van der Waals surface area contributed by atoms with E-state index >= 15 is 0 Å². The number of hydrogen-bond donors (Lipinski definition) is 1. The van der Waals surface area contributed by atoms with Crippen molar-refractivity contribution in [3.63, 3.8) is 0 Å². The third kappa shape index (κ3) is 4.84. The fourth-order valence-corrected chi connectivity index (χ4v) is 2.23. The lowest BCUT2D eigenvalue weighted by atomic mass is 10.1. The molecule has 1 amide bonds. The molecule has 0 unspecified atom stereocenters. The van der Waals surface area contributed by atoms with Crippen LogP contribution in [-0.2, 0) is 4.79 Å². The van der Waals surface area contributed by atoms with E-state index in [1.165, 1.54) is 0 Å². The van der Waals surface area contributed by atoms with E-state index in [4.69, 9.17) is 9.47 Å². The Morgan fingerprint density at radius 2 is 1.83 bits per heavy atom. The zero-order valence-corrected chi connectivity index (χ0v) is 13.9. The van der Waals surface area contributed by atoms with E-state index < -0.39 is 0 Å². The SMILES string of the molecule is CCOc1ccccc1NC(=O)CCC(=O)c1cccc(OC)c1. The molecule has 0 radical (unpaired) electrons. The van der Waals surface area contributed by atoms with Crippen LogP contribution in [0.5, 0.6) is 11.5 Å². The number of nitrogens with one attached hydrogen (secondary N) is 1. The van der Waals surface area contributed by atoms with Crippen LogP contribution in [0.15, 0.2) is 48.5 Å². The molecule has 2 aromatic carbocycles. The van der Waals surface area contributed by atoms with Gasteiger partial charge in [-0.2, -0.15) is 0 Å². The largest absolute Gasteiger partial charge is 0.497 e. The first-order chi connectivity index (χ1) is 11.6. The van der Waals surface area contributed by atoms with E-state index in [1.807, 2.05) is 19.1 Å². The number of carbonyl (C=O) groups excluding carboxylic acids is 2. The number of ketones is 1. The van der Waals surface area contributed by atoms with Crippen molar-refractivity contribution in [3.8, 4) is 11.5 Å². The molecule has 5 heteroatoms. The molecule has 0 aliphatic rings. The van der Waals surface area contributed by atoms with Crippen molar-refractivity contribution in [2.75, 3.05) is 19.0 Å². The number of hydrogen-bond acceptors (Lipinski definition) is 4. The Balaban J connectivity index is 1.92. The molecule has 0 aliphatic carbocycles. The zero-order chi connectivity index (χ0) is 17.4. The number of methoxy groups -OCH3 is 1. The van der Waals surface area contributed by atoms with E-state index in [9.17, 15) is 9.59 Å². The highest BCUT2D eigenvalue weighted by Gasteiger charge is 2.12. The fourth-order valence-electron chi connectivity index (χ4n) is 2.23. The van der Waals surface area contributed by atoms with Crippen molar-refractivity contribution in [1.29, 1.82) is 0 Å². The van der Waals surface area contributed by atoms with E-state index in [1.54, 1.807) is 43.5 Å². The Labute approximate surface area is 141 Å². The standard InChI is InChI=1S/C19H21NO4/c1-3-24-18-10-5-4-9-16(18)20-19(22)12-11-17(21)14-7-6-8-15(13-14)23-2/h4-10,13H,3,11-12H2,1-2H3,(H,20,22). The molecule has 2 rings (SSSR count). The summed E-state index contributed by atoms with van der Waals surface area (Å²) in [5, 5.41) is 2.78. The molecule has 0 saturated heterocycles. The van der Waals surface area contributed by atoms with Crippen LogP contribution in [-0.4, -0.2) is 25.4 Å². The lowest BCUT2D eigenvalue weighted by molar-refractivity contribution is -0.116. The molecule has 0 bridgehead atoms. The quantitative estimate of drug-likeness (QED) is 0.751. The molecule has 24 heavy (non-hydrogen) atoms. The molecular formula is C19H21NO4.